The Labute approximate surface area is 103 Å². The molecule has 0 aromatic heterocycles. The summed E-state index contributed by atoms with van der Waals surface area (Å²) < 4.78 is 5.83. The summed E-state index contributed by atoms with van der Waals surface area (Å²) in [5.74, 6) is -0.266. The van der Waals surface area contributed by atoms with Crippen LogP contribution in [0.25, 0.3) is 0 Å². The number of hydrogen-bond donors (Lipinski definition) is 2. The number of nitrogens with two attached hydrogens (primary N) is 1. The molecule has 3 atom stereocenters. The lowest BCUT2D eigenvalue weighted by Gasteiger charge is -2.54. The first kappa shape index (κ1) is 12.8. The third kappa shape index (κ3) is 2.20. The average Bonchev–Trinajstić information content (AvgIpc) is 2.79. The molecule has 3 N–H and O–H groups in total. The molecule has 1 amide bonds. The van der Waals surface area contributed by atoms with E-state index in [0.29, 0.717) is 12.1 Å². The summed E-state index contributed by atoms with van der Waals surface area (Å²) in [7, 11) is 0. The maximum absolute atomic E-state index is 11.1. The van der Waals surface area contributed by atoms with Crippen LogP contribution in [0, 0.1) is 5.41 Å². The summed E-state index contributed by atoms with van der Waals surface area (Å²) in [6, 6.07) is 0.170. The standard InChI is InChI=1S/C13H24N2O2/c1-3-17-11-8-10(15-9(2)12(14)16)13(11)6-4-5-7-13/h9-11,15H,3-8H2,1-2H3,(H2,14,16). The van der Waals surface area contributed by atoms with Gasteiger partial charge in [-0.2, -0.15) is 0 Å². The van der Waals surface area contributed by atoms with Crippen molar-refractivity contribution in [2.45, 2.75) is 64.1 Å². The van der Waals surface area contributed by atoms with Crippen LogP contribution in [0.4, 0.5) is 0 Å². The number of carbonyl (C=O) groups is 1. The number of primary amides is 1. The van der Waals surface area contributed by atoms with E-state index in [0.717, 1.165) is 13.0 Å². The first-order valence-corrected chi connectivity index (χ1v) is 6.77. The van der Waals surface area contributed by atoms with E-state index in [4.69, 9.17) is 10.5 Å². The number of rotatable bonds is 5. The third-order valence-corrected chi connectivity index (χ3v) is 4.57. The Bertz CT molecular complexity index is 287. The Hall–Kier alpha value is -0.610. The molecule has 3 unspecified atom stereocenters. The predicted octanol–water partition coefficient (Wildman–Crippen LogP) is 1.19. The Kier molecular flexibility index (Phi) is 3.73. The molecule has 0 aromatic carbocycles. The second-order valence-electron chi connectivity index (χ2n) is 5.46. The topological polar surface area (TPSA) is 64.3 Å². The molecule has 0 heterocycles. The van der Waals surface area contributed by atoms with Crippen LogP contribution >= 0.6 is 0 Å². The van der Waals surface area contributed by atoms with E-state index in [1.54, 1.807) is 0 Å². The minimum Gasteiger partial charge on any atom is -0.378 e. The number of hydrogen-bond acceptors (Lipinski definition) is 3. The first-order valence-electron chi connectivity index (χ1n) is 6.77. The van der Waals surface area contributed by atoms with Gasteiger partial charge in [0.1, 0.15) is 0 Å². The number of ether oxygens (including phenoxy) is 1. The molecule has 2 saturated carbocycles. The fraction of sp³-hybridized carbons (Fsp3) is 0.923. The van der Waals surface area contributed by atoms with Gasteiger partial charge in [-0.25, -0.2) is 0 Å². The summed E-state index contributed by atoms with van der Waals surface area (Å²) in [4.78, 5) is 11.1. The zero-order valence-electron chi connectivity index (χ0n) is 10.9. The summed E-state index contributed by atoms with van der Waals surface area (Å²) >= 11 is 0. The molecule has 0 radical (unpaired) electrons. The van der Waals surface area contributed by atoms with Crippen LogP contribution in [0.15, 0.2) is 0 Å². The second-order valence-corrected chi connectivity index (χ2v) is 5.46. The molecule has 98 valence electrons. The van der Waals surface area contributed by atoms with Gasteiger partial charge in [0.2, 0.25) is 5.91 Å². The van der Waals surface area contributed by atoms with Gasteiger partial charge >= 0.3 is 0 Å². The summed E-state index contributed by atoms with van der Waals surface area (Å²) in [6.45, 7) is 4.68. The van der Waals surface area contributed by atoms with Gasteiger partial charge in [0.25, 0.3) is 0 Å². The summed E-state index contributed by atoms with van der Waals surface area (Å²) in [6.07, 6.45) is 6.42. The van der Waals surface area contributed by atoms with E-state index in [2.05, 4.69) is 12.2 Å². The molecule has 0 aromatic rings. The van der Waals surface area contributed by atoms with Gasteiger partial charge in [-0.3, -0.25) is 4.79 Å². The average molecular weight is 240 g/mol. The highest BCUT2D eigenvalue weighted by atomic mass is 16.5. The predicted molar refractivity (Wildman–Crippen MR) is 66.5 cm³/mol. The van der Waals surface area contributed by atoms with Crippen molar-refractivity contribution in [3.63, 3.8) is 0 Å². The molecule has 0 saturated heterocycles. The molecular formula is C13H24N2O2. The lowest BCUT2D eigenvalue weighted by molar-refractivity contribution is -0.137. The zero-order valence-corrected chi connectivity index (χ0v) is 10.9. The lowest BCUT2D eigenvalue weighted by Crippen LogP contribution is -2.65. The monoisotopic (exact) mass is 240 g/mol. The molecule has 2 rings (SSSR count). The minimum atomic E-state index is -0.266. The van der Waals surface area contributed by atoms with E-state index >= 15 is 0 Å². The summed E-state index contributed by atoms with van der Waals surface area (Å²) in [5.41, 5.74) is 5.59. The van der Waals surface area contributed by atoms with E-state index < -0.39 is 0 Å². The molecule has 17 heavy (non-hydrogen) atoms. The quantitative estimate of drug-likeness (QED) is 0.758. The SMILES string of the molecule is CCOC1CC(NC(C)C(N)=O)C12CCCC2. The van der Waals surface area contributed by atoms with Crippen LogP contribution < -0.4 is 11.1 Å². The highest BCUT2D eigenvalue weighted by Crippen LogP contribution is 2.54. The van der Waals surface area contributed by atoms with Crippen LogP contribution in [0.1, 0.15) is 46.0 Å². The molecule has 2 fully saturated rings. The zero-order chi connectivity index (χ0) is 12.5. The third-order valence-electron chi connectivity index (χ3n) is 4.57. The number of carbonyl (C=O) groups excluding carboxylic acids is 1. The Morgan fingerprint density at radius 3 is 2.71 bits per heavy atom. The molecule has 1 spiro atoms. The molecule has 0 aliphatic heterocycles. The summed E-state index contributed by atoms with van der Waals surface area (Å²) in [5, 5.41) is 3.38. The van der Waals surface area contributed by atoms with Crippen LogP contribution in [-0.2, 0) is 9.53 Å². The van der Waals surface area contributed by atoms with Crippen molar-refractivity contribution in [2.24, 2.45) is 11.1 Å². The Morgan fingerprint density at radius 1 is 1.53 bits per heavy atom. The molecule has 4 nitrogen and oxygen atoms in total. The van der Waals surface area contributed by atoms with Crippen LogP contribution in [0.5, 0.6) is 0 Å². The van der Waals surface area contributed by atoms with E-state index in [1.807, 2.05) is 6.92 Å². The smallest absolute Gasteiger partial charge is 0.234 e. The fourth-order valence-electron chi connectivity index (χ4n) is 3.50. The normalized spacial score (nSPS) is 32.4. The van der Waals surface area contributed by atoms with Crippen LogP contribution in [-0.4, -0.2) is 30.7 Å². The van der Waals surface area contributed by atoms with Crippen molar-refractivity contribution in [1.82, 2.24) is 5.32 Å². The maximum Gasteiger partial charge on any atom is 0.234 e. The van der Waals surface area contributed by atoms with Gasteiger partial charge < -0.3 is 15.8 Å². The molecular weight excluding hydrogens is 216 g/mol. The van der Waals surface area contributed by atoms with E-state index in [-0.39, 0.29) is 17.4 Å². The molecule has 4 heteroatoms. The number of nitrogens with one attached hydrogen (secondary N) is 1. The van der Waals surface area contributed by atoms with Crippen molar-refractivity contribution in [1.29, 1.82) is 0 Å². The van der Waals surface area contributed by atoms with Crippen molar-refractivity contribution in [2.75, 3.05) is 6.61 Å². The van der Waals surface area contributed by atoms with Crippen molar-refractivity contribution in [3.8, 4) is 0 Å². The van der Waals surface area contributed by atoms with Crippen molar-refractivity contribution < 1.29 is 9.53 Å². The highest BCUT2D eigenvalue weighted by molar-refractivity contribution is 5.79. The Morgan fingerprint density at radius 2 is 2.18 bits per heavy atom. The molecule has 2 aliphatic rings. The van der Waals surface area contributed by atoms with Gasteiger partial charge in [-0.1, -0.05) is 12.8 Å². The largest absolute Gasteiger partial charge is 0.378 e. The van der Waals surface area contributed by atoms with Gasteiger partial charge in [0.05, 0.1) is 12.1 Å². The fourth-order valence-corrected chi connectivity index (χ4v) is 3.50. The van der Waals surface area contributed by atoms with Gasteiger partial charge in [0.15, 0.2) is 0 Å². The Balaban J connectivity index is 1.98. The molecule has 0 bridgehead atoms. The van der Waals surface area contributed by atoms with Crippen LogP contribution in [0.2, 0.25) is 0 Å². The van der Waals surface area contributed by atoms with Crippen molar-refractivity contribution >= 4 is 5.91 Å². The number of amides is 1. The van der Waals surface area contributed by atoms with Crippen LogP contribution in [0.3, 0.4) is 0 Å². The van der Waals surface area contributed by atoms with Gasteiger partial charge in [0, 0.05) is 18.1 Å². The maximum atomic E-state index is 11.1. The second kappa shape index (κ2) is 4.94. The first-order chi connectivity index (χ1) is 8.10. The van der Waals surface area contributed by atoms with Gasteiger partial charge in [-0.15, -0.1) is 0 Å². The van der Waals surface area contributed by atoms with Crippen molar-refractivity contribution in [3.05, 3.63) is 0 Å². The van der Waals surface area contributed by atoms with E-state index in [9.17, 15) is 4.79 Å². The van der Waals surface area contributed by atoms with E-state index in [1.165, 1.54) is 25.7 Å². The lowest BCUT2D eigenvalue weighted by atomic mass is 9.60. The highest BCUT2D eigenvalue weighted by Gasteiger charge is 2.56. The molecule has 2 aliphatic carbocycles. The minimum absolute atomic E-state index is 0.236. The van der Waals surface area contributed by atoms with Gasteiger partial charge in [-0.05, 0) is 33.1 Å².